The van der Waals surface area contributed by atoms with E-state index in [0.29, 0.717) is 23.6 Å². The molecule has 0 aliphatic rings. The minimum absolute atomic E-state index is 0.00608. The number of H-pyrrole nitrogens is 1. The lowest BCUT2D eigenvalue weighted by Gasteiger charge is -2.16. The molecule has 0 saturated carbocycles. The van der Waals surface area contributed by atoms with Gasteiger partial charge >= 0.3 is 0 Å². The van der Waals surface area contributed by atoms with E-state index >= 15 is 0 Å². The summed E-state index contributed by atoms with van der Waals surface area (Å²) >= 11 is 0. The van der Waals surface area contributed by atoms with Gasteiger partial charge in [0.25, 0.3) is 5.91 Å². The molecule has 194 valence electrons. The number of nitrogens with two attached hydrogens (primary N) is 1. The van der Waals surface area contributed by atoms with Gasteiger partial charge in [0.15, 0.2) is 22.9 Å². The molecule has 0 aliphatic heterocycles. The van der Waals surface area contributed by atoms with Gasteiger partial charge in [-0.1, -0.05) is 36.4 Å². The molecule has 1 amide bonds. The summed E-state index contributed by atoms with van der Waals surface area (Å²) in [7, 11) is 0. The maximum atomic E-state index is 13.7. The maximum Gasteiger partial charge on any atom is 0.274 e. The van der Waals surface area contributed by atoms with E-state index in [1.165, 1.54) is 12.3 Å². The normalized spacial score (nSPS) is 11.6. The Kier molecular flexibility index (Phi) is 6.84. The van der Waals surface area contributed by atoms with Gasteiger partial charge in [-0.25, -0.2) is 19.3 Å². The van der Waals surface area contributed by atoms with Gasteiger partial charge < -0.3 is 16.4 Å². The molecular formula is C28H24FN9O. The number of halogens is 1. The zero-order chi connectivity index (χ0) is 27.5. The van der Waals surface area contributed by atoms with Crippen molar-refractivity contribution in [1.82, 2.24) is 30.5 Å². The van der Waals surface area contributed by atoms with Gasteiger partial charge in [0.1, 0.15) is 17.7 Å². The molecule has 11 heteroatoms. The first-order valence-electron chi connectivity index (χ1n) is 12.1. The van der Waals surface area contributed by atoms with Gasteiger partial charge in [-0.3, -0.25) is 9.89 Å². The number of hydrogen-bond donors (Lipinski definition) is 4. The van der Waals surface area contributed by atoms with Crippen LogP contribution in [0.3, 0.4) is 0 Å². The molecule has 0 aliphatic carbocycles. The molecule has 0 radical (unpaired) electrons. The molecule has 10 nitrogen and oxygen atoms in total. The summed E-state index contributed by atoms with van der Waals surface area (Å²) in [6.45, 7) is 3.81. The average molecular weight is 522 g/mol. The number of fused-ring (bicyclic) bond motifs is 1. The fourth-order valence-electron chi connectivity index (χ4n) is 4.09. The van der Waals surface area contributed by atoms with E-state index in [1.54, 1.807) is 32.2 Å². The number of benzene rings is 2. The summed E-state index contributed by atoms with van der Waals surface area (Å²) in [5, 5.41) is 22.8. The van der Waals surface area contributed by atoms with Crippen LogP contribution in [0.25, 0.3) is 22.2 Å². The highest BCUT2D eigenvalue weighted by Gasteiger charge is 2.19. The number of rotatable bonds is 7. The number of aryl methyl sites for hydroxylation is 1. The number of anilines is 2. The molecule has 0 bridgehead atoms. The standard InChI is InChI=1S/C28H24FN9O/c1-15-9-19(7-8-23(15)29)16(2)35-28(39)24-27(34-14-21(11-30)36-24)32-12-17-3-5-18(6-4-17)20-10-22-25(31)37-38-26(22)33-13-20/h3-10,13-14,16H,12H2,1-2H3,(H,32,34)(H,35,39)(H3,31,33,37,38)/t16-/m0/s1. The number of carbonyl (C=O) groups is 1. The number of nitriles is 1. The number of pyridine rings is 1. The van der Waals surface area contributed by atoms with E-state index in [0.717, 1.165) is 27.6 Å². The highest BCUT2D eigenvalue weighted by Crippen LogP contribution is 2.25. The van der Waals surface area contributed by atoms with Crippen LogP contribution >= 0.6 is 0 Å². The van der Waals surface area contributed by atoms with Crippen LogP contribution < -0.4 is 16.4 Å². The third-order valence-electron chi connectivity index (χ3n) is 6.32. The molecular weight excluding hydrogens is 497 g/mol. The van der Waals surface area contributed by atoms with Gasteiger partial charge in [-0.15, -0.1) is 0 Å². The van der Waals surface area contributed by atoms with Gasteiger partial charge in [0, 0.05) is 18.3 Å². The van der Waals surface area contributed by atoms with Crippen LogP contribution in [0.1, 0.15) is 45.8 Å². The van der Waals surface area contributed by atoms with Crippen LogP contribution in [0, 0.1) is 24.1 Å². The molecule has 1 atom stereocenters. The van der Waals surface area contributed by atoms with E-state index in [-0.39, 0.29) is 23.0 Å². The largest absolute Gasteiger partial charge is 0.384 e. The highest BCUT2D eigenvalue weighted by molar-refractivity contribution is 5.97. The van der Waals surface area contributed by atoms with E-state index in [4.69, 9.17) is 5.73 Å². The fraction of sp³-hybridized carbons (Fsp3) is 0.143. The van der Waals surface area contributed by atoms with Crippen molar-refractivity contribution in [3.8, 4) is 17.2 Å². The molecule has 0 spiro atoms. The van der Waals surface area contributed by atoms with Crippen molar-refractivity contribution < 1.29 is 9.18 Å². The Morgan fingerprint density at radius 2 is 1.92 bits per heavy atom. The van der Waals surface area contributed by atoms with Crippen LogP contribution in [-0.4, -0.2) is 31.1 Å². The summed E-state index contributed by atoms with van der Waals surface area (Å²) in [5.74, 6) is -0.119. The average Bonchev–Trinajstić information content (AvgIpc) is 3.33. The van der Waals surface area contributed by atoms with E-state index in [9.17, 15) is 14.4 Å². The molecule has 3 aromatic heterocycles. The molecule has 2 aromatic carbocycles. The summed E-state index contributed by atoms with van der Waals surface area (Å²) in [5.41, 5.74) is 10.5. The third kappa shape index (κ3) is 5.35. The number of nitrogen functional groups attached to an aromatic ring is 1. The van der Waals surface area contributed by atoms with Crippen molar-refractivity contribution in [2.75, 3.05) is 11.1 Å². The van der Waals surface area contributed by atoms with Gasteiger partial charge in [0.05, 0.1) is 17.6 Å². The first-order valence-corrected chi connectivity index (χ1v) is 12.1. The zero-order valence-electron chi connectivity index (χ0n) is 21.2. The van der Waals surface area contributed by atoms with Gasteiger partial charge in [-0.05, 0) is 48.2 Å². The highest BCUT2D eigenvalue weighted by atomic mass is 19.1. The molecule has 5 N–H and O–H groups in total. The predicted molar refractivity (Wildman–Crippen MR) is 145 cm³/mol. The second kappa shape index (κ2) is 10.5. The van der Waals surface area contributed by atoms with Crippen LogP contribution in [0.2, 0.25) is 0 Å². The lowest BCUT2D eigenvalue weighted by atomic mass is 10.0. The quantitative estimate of drug-likeness (QED) is 0.245. The Labute approximate surface area is 223 Å². The number of amides is 1. The molecule has 39 heavy (non-hydrogen) atoms. The number of aromatic nitrogens is 5. The smallest absolute Gasteiger partial charge is 0.274 e. The summed E-state index contributed by atoms with van der Waals surface area (Å²) in [6.07, 6.45) is 3.04. The monoisotopic (exact) mass is 521 g/mol. The number of carbonyl (C=O) groups excluding carboxylic acids is 1. The number of nitrogens with one attached hydrogen (secondary N) is 3. The van der Waals surface area contributed by atoms with Crippen LogP contribution in [0.5, 0.6) is 0 Å². The van der Waals surface area contributed by atoms with Crippen molar-refractivity contribution in [3.63, 3.8) is 0 Å². The Hall–Kier alpha value is -5.37. The third-order valence-corrected chi connectivity index (χ3v) is 6.32. The molecule has 3 heterocycles. The fourth-order valence-corrected chi connectivity index (χ4v) is 4.09. The van der Waals surface area contributed by atoms with Gasteiger partial charge in [-0.2, -0.15) is 10.4 Å². The molecule has 5 aromatic rings. The lowest BCUT2D eigenvalue weighted by molar-refractivity contribution is 0.0935. The molecule has 5 rings (SSSR count). The zero-order valence-corrected chi connectivity index (χ0v) is 21.2. The summed E-state index contributed by atoms with van der Waals surface area (Å²) < 4.78 is 13.7. The van der Waals surface area contributed by atoms with Crippen molar-refractivity contribution in [3.05, 3.63) is 94.8 Å². The second-order valence-corrected chi connectivity index (χ2v) is 9.05. The SMILES string of the molecule is Cc1cc([C@H](C)NC(=O)c2nc(C#N)cnc2NCc2ccc(-c3cnc4n[nH]c(N)c4c3)cc2)ccc1F. The Balaban J connectivity index is 1.31. The van der Waals surface area contributed by atoms with Gasteiger partial charge in [0.2, 0.25) is 0 Å². The van der Waals surface area contributed by atoms with Crippen LogP contribution in [-0.2, 0) is 6.54 Å². The van der Waals surface area contributed by atoms with Crippen molar-refractivity contribution in [2.45, 2.75) is 26.4 Å². The van der Waals surface area contributed by atoms with Crippen LogP contribution in [0.15, 0.2) is 60.9 Å². The number of nitrogens with zero attached hydrogens (tertiary/aromatic N) is 5. The first kappa shape index (κ1) is 25.3. The summed E-state index contributed by atoms with van der Waals surface area (Å²) in [4.78, 5) is 25.9. The van der Waals surface area contributed by atoms with Crippen molar-refractivity contribution in [1.29, 1.82) is 5.26 Å². The Bertz CT molecular complexity index is 1720. The van der Waals surface area contributed by atoms with E-state index in [2.05, 4.69) is 35.8 Å². The topological polar surface area (TPSA) is 158 Å². The predicted octanol–water partition coefficient (Wildman–Crippen LogP) is 4.42. The first-order chi connectivity index (χ1) is 18.8. The molecule has 0 fully saturated rings. The maximum absolute atomic E-state index is 13.7. The van der Waals surface area contributed by atoms with E-state index < -0.39 is 11.9 Å². The van der Waals surface area contributed by atoms with Crippen LogP contribution in [0.4, 0.5) is 16.0 Å². The molecule has 0 saturated heterocycles. The minimum atomic E-state index is -0.506. The van der Waals surface area contributed by atoms with E-state index in [1.807, 2.05) is 36.4 Å². The Morgan fingerprint density at radius 3 is 2.67 bits per heavy atom. The molecule has 0 unspecified atom stereocenters. The van der Waals surface area contributed by atoms with Crippen molar-refractivity contribution in [2.24, 2.45) is 0 Å². The minimum Gasteiger partial charge on any atom is -0.384 e. The number of aromatic amines is 1. The lowest BCUT2D eigenvalue weighted by Crippen LogP contribution is -2.29. The summed E-state index contributed by atoms with van der Waals surface area (Å²) in [6, 6.07) is 15.9. The second-order valence-electron chi connectivity index (χ2n) is 9.05. The Morgan fingerprint density at radius 1 is 1.13 bits per heavy atom. The van der Waals surface area contributed by atoms with Crippen molar-refractivity contribution >= 4 is 28.6 Å². The number of hydrogen-bond acceptors (Lipinski definition) is 8.